The van der Waals surface area contributed by atoms with Crippen molar-refractivity contribution in [2.24, 2.45) is 0 Å². The van der Waals surface area contributed by atoms with Gasteiger partial charge in [-0.05, 0) is 51.4 Å². The van der Waals surface area contributed by atoms with Crippen molar-refractivity contribution in [3.8, 4) is 0 Å². The second-order valence-electron chi connectivity index (χ2n) is 10.9. The van der Waals surface area contributed by atoms with Gasteiger partial charge in [-0.2, -0.15) is 0 Å². The molecule has 0 spiro atoms. The molecule has 1 unspecified atom stereocenters. The molecule has 3 N–H and O–H groups in total. The Balaban J connectivity index is 1.91. The van der Waals surface area contributed by atoms with Crippen LogP contribution in [-0.2, 0) is 11.5 Å². The number of nitrogens with one attached hydrogen (secondary N) is 2. The average molecular weight is 484 g/mol. The number of carbonyl (C=O) groups is 1. The smallest absolute Gasteiger partial charge is 0.255 e. The fraction of sp³-hybridized carbons (Fsp3) is 0.480. The van der Waals surface area contributed by atoms with Gasteiger partial charge in [0.05, 0.1) is 17.9 Å². The maximum atomic E-state index is 13.1. The number of aromatic nitrogens is 3. The highest BCUT2D eigenvalue weighted by molar-refractivity contribution is 6.76. The van der Waals surface area contributed by atoms with Crippen LogP contribution in [0.5, 0.6) is 0 Å². The number of carbonyl (C=O) groups excluding carboxylic acids is 1. The quantitative estimate of drug-likeness (QED) is 0.290. The third kappa shape index (κ3) is 7.12. The summed E-state index contributed by atoms with van der Waals surface area (Å²) in [4.78, 5) is 22.4. The van der Waals surface area contributed by atoms with Crippen molar-refractivity contribution in [3.63, 3.8) is 0 Å². The maximum absolute atomic E-state index is 13.1. The van der Waals surface area contributed by atoms with Crippen LogP contribution < -0.4 is 10.6 Å². The minimum atomic E-state index is -1.19. The normalized spacial score (nSPS) is 13.2. The van der Waals surface area contributed by atoms with Crippen molar-refractivity contribution in [2.75, 3.05) is 11.9 Å². The lowest BCUT2D eigenvalue weighted by Gasteiger charge is -2.20. The molecule has 1 aromatic carbocycles. The summed E-state index contributed by atoms with van der Waals surface area (Å²) in [5.41, 5.74) is 2.74. The van der Waals surface area contributed by atoms with Crippen LogP contribution in [0, 0.1) is 0 Å². The van der Waals surface area contributed by atoms with Gasteiger partial charge in [0, 0.05) is 32.1 Å². The van der Waals surface area contributed by atoms with Gasteiger partial charge in [0.2, 0.25) is 0 Å². The predicted molar refractivity (Wildman–Crippen MR) is 139 cm³/mol. The van der Waals surface area contributed by atoms with Gasteiger partial charge < -0.3 is 25.0 Å². The van der Waals surface area contributed by atoms with Crippen molar-refractivity contribution >= 4 is 36.7 Å². The van der Waals surface area contributed by atoms with E-state index in [1.54, 1.807) is 19.3 Å². The maximum Gasteiger partial charge on any atom is 0.255 e. The Kier molecular flexibility index (Phi) is 7.79. The number of amides is 1. The van der Waals surface area contributed by atoms with Crippen LogP contribution >= 0.6 is 0 Å². The summed E-state index contributed by atoms with van der Waals surface area (Å²) < 4.78 is 7.75. The molecule has 0 aliphatic rings. The van der Waals surface area contributed by atoms with Crippen LogP contribution in [0.1, 0.15) is 49.7 Å². The first-order valence-corrected chi connectivity index (χ1v) is 15.3. The number of ether oxygens (including phenoxy) is 1. The van der Waals surface area contributed by atoms with Crippen LogP contribution in [0.4, 0.5) is 11.5 Å². The molecule has 0 radical (unpaired) electrons. The molecule has 2 aromatic heterocycles. The lowest BCUT2D eigenvalue weighted by atomic mass is 10.1. The summed E-state index contributed by atoms with van der Waals surface area (Å²) in [5.74, 6) is 0.304. The van der Waals surface area contributed by atoms with Crippen molar-refractivity contribution in [2.45, 2.75) is 71.8 Å². The molecule has 9 heteroatoms. The standard InChI is InChI=1S/C25H37N5O3Si/c1-17(31)18-9-8-10-19(13-18)27-21-14-26-23-22(28-21)20(24(32)29-25(2,3)4)15-30(23)16-33-11-12-34(5,6)7/h8-10,13-15,17,31H,11-12,16H2,1-7H3,(H,27,28)(H,29,32). The lowest BCUT2D eigenvalue weighted by molar-refractivity contribution is 0.0886. The van der Waals surface area contributed by atoms with Crippen LogP contribution in [0.2, 0.25) is 25.7 Å². The summed E-state index contributed by atoms with van der Waals surface area (Å²) in [5, 5.41) is 16.1. The first kappa shape index (κ1) is 25.9. The second kappa shape index (κ2) is 10.2. The Morgan fingerprint density at radius 3 is 2.65 bits per heavy atom. The van der Waals surface area contributed by atoms with Crippen LogP contribution in [0.25, 0.3) is 11.2 Å². The van der Waals surface area contributed by atoms with Crippen molar-refractivity contribution in [3.05, 3.63) is 47.8 Å². The van der Waals surface area contributed by atoms with E-state index in [0.29, 0.717) is 35.9 Å². The summed E-state index contributed by atoms with van der Waals surface area (Å²) in [6.07, 6.45) is 2.83. The van der Waals surface area contributed by atoms with E-state index in [1.807, 2.05) is 49.6 Å². The summed E-state index contributed by atoms with van der Waals surface area (Å²) in [6, 6.07) is 8.55. The molecular weight excluding hydrogens is 446 g/mol. The Morgan fingerprint density at radius 1 is 1.26 bits per heavy atom. The monoisotopic (exact) mass is 483 g/mol. The van der Waals surface area contributed by atoms with E-state index in [9.17, 15) is 9.90 Å². The Labute approximate surface area is 202 Å². The Bertz CT molecular complexity index is 1150. The van der Waals surface area contributed by atoms with E-state index >= 15 is 0 Å². The average Bonchev–Trinajstić information content (AvgIpc) is 3.07. The molecule has 0 saturated heterocycles. The molecule has 3 rings (SSSR count). The van der Waals surface area contributed by atoms with Crippen LogP contribution in [0.3, 0.4) is 0 Å². The Morgan fingerprint density at radius 2 is 2.00 bits per heavy atom. The van der Waals surface area contributed by atoms with Crippen LogP contribution in [0.15, 0.2) is 36.7 Å². The minimum Gasteiger partial charge on any atom is -0.389 e. The number of hydrogen-bond acceptors (Lipinski definition) is 6. The number of nitrogens with zero attached hydrogens (tertiary/aromatic N) is 3. The fourth-order valence-electron chi connectivity index (χ4n) is 3.35. The van der Waals surface area contributed by atoms with E-state index < -0.39 is 14.2 Å². The van der Waals surface area contributed by atoms with E-state index in [-0.39, 0.29) is 11.4 Å². The summed E-state index contributed by atoms with van der Waals surface area (Å²) in [7, 11) is -1.19. The number of aliphatic hydroxyl groups is 1. The zero-order chi connectivity index (χ0) is 25.1. The van der Waals surface area contributed by atoms with Gasteiger partial charge in [0.1, 0.15) is 18.1 Å². The molecular formula is C25H37N5O3Si. The number of benzene rings is 1. The molecule has 8 nitrogen and oxygen atoms in total. The second-order valence-corrected chi connectivity index (χ2v) is 16.5. The van der Waals surface area contributed by atoms with E-state index in [0.717, 1.165) is 17.3 Å². The number of hydrogen-bond donors (Lipinski definition) is 3. The molecule has 3 aromatic rings. The highest BCUT2D eigenvalue weighted by Crippen LogP contribution is 2.24. The largest absolute Gasteiger partial charge is 0.389 e. The van der Waals surface area contributed by atoms with E-state index in [4.69, 9.17) is 9.72 Å². The fourth-order valence-corrected chi connectivity index (χ4v) is 4.11. The number of anilines is 2. The first-order chi connectivity index (χ1) is 15.8. The molecule has 34 heavy (non-hydrogen) atoms. The summed E-state index contributed by atoms with van der Waals surface area (Å²) in [6.45, 7) is 15.5. The third-order valence-electron chi connectivity index (χ3n) is 5.17. The molecule has 0 bridgehead atoms. The van der Waals surface area contributed by atoms with Crippen molar-refractivity contribution in [1.29, 1.82) is 0 Å². The number of fused-ring (bicyclic) bond motifs is 1. The van der Waals surface area contributed by atoms with Crippen LogP contribution in [-0.4, -0.2) is 45.8 Å². The minimum absolute atomic E-state index is 0.207. The van der Waals surface area contributed by atoms with Gasteiger partial charge >= 0.3 is 0 Å². The molecule has 0 aliphatic heterocycles. The van der Waals surface area contributed by atoms with Gasteiger partial charge in [0.15, 0.2) is 5.65 Å². The highest BCUT2D eigenvalue weighted by atomic mass is 28.3. The molecule has 0 aliphatic carbocycles. The highest BCUT2D eigenvalue weighted by Gasteiger charge is 2.22. The lowest BCUT2D eigenvalue weighted by Crippen LogP contribution is -2.40. The van der Waals surface area contributed by atoms with Gasteiger partial charge in [-0.1, -0.05) is 31.8 Å². The molecule has 184 valence electrons. The number of rotatable bonds is 9. The SMILES string of the molecule is CC(O)c1cccc(Nc2cnc3c(n2)c(C(=O)NC(C)(C)C)cn3COCC[Si](C)(C)C)c1. The molecule has 2 heterocycles. The Hall–Kier alpha value is -2.75. The topological polar surface area (TPSA) is 101 Å². The molecule has 1 atom stereocenters. The van der Waals surface area contributed by atoms with E-state index in [2.05, 4.69) is 35.3 Å². The zero-order valence-corrected chi connectivity index (χ0v) is 22.3. The summed E-state index contributed by atoms with van der Waals surface area (Å²) >= 11 is 0. The molecule has 0 saturated carbocycles. The van der Waals surface area contributed by atoms with Crippen molar-refractivity contribution < 1.29 is 14.6 Å². The number of aliphatic hydroxyl groups excluding tert-OH is 1. The first-order valence-electron chi connectivity index (χ1n) is 11.6. The predicted octanol–water partition coefficient (Wildman–Crippen LogP) is 5.07. The van der Waals surface area contributed by atoms with Gasteiger partial charge in [-0.15, -0.1) is 0 Å². The van der Waals surface area contributed by atoms with Gasteiger partial charge in [0.25, 0.3) is 5.91 Å². The van der Waals surface area contributed by atoms with Gasteiger partial charge in [-0.25, -0.2) is 9.97 Å². The van der Waals surface area contributed by atoms with Gasteiger partial charge in [-0.3, -0.25) is 4.79 Å². The van der Waals surface area contributed by atoms with E-state index in [1.165, 1.54) is 0 Å². The third-order valence-corrected chi connectivity index (χ3v) is 6.87. The molecule has 0 fully saturated rings. The molecule has 1 amide bonds. The van der Waals surface area contributed by atoms with Crippen molar-refractivity contribution in [1.82, 2.24) is 19.9 Å². The zero-order valence-electron chi connectivity index (χ0n) is 21.3.